The minimum Gasteiger partial charge on any atom is -0.425 e. The number of esters is 1. The summed E-state index contributed by atoms with van der Waals surface area (Å²) in [5.41, 5.74) is -0.434. The number of halogens is 2. The van der Waals surface area contributed by atoms with Gasteiger partial charge in [-0.05, 0) is 76.7 Å². The zero-order valence-electron chi connectivity index (χ0n) is 10.0. The van der Waals surface area contributed by atoms with Crippen LogP contribution in [0.4, 0.5) is 0 Å². The van der Waals surface area contributed by atoms with Crippen molar-refractivity contribution in [2.45, 2.75) is 13.8 Å². The molecule has 0 aliphatic heterocycles. The second-order valence-corrected chi connectivity index (χ2v) is 6.71. The van der Waals surface area contributed by atoms with Crippen molar-refractivity contribution in [2.24, 2.45) is 5.41 Å². The Labute approximate surface area is 133 Å². The monoisotopic (exact) mass is 476 g/mol. The van der Waals surface area contributed by atoms with Crippen LogP contribution in [0.5, 0.6) is 5.75 Å². The van der Waals surface area contributed by atoms with Crippen LogP contribution >= 0.6 is 45.2 Å². The average Bonchev–Trinajstić information content (AvgIpc) is 2.32. The number of rotatable bonds is 4. The highest BCUT2D eigenvalue weighted by atomic mass is 127. The molecular formula is C12H14I2O4. The molecule has 18 heavy (non-hydrogen) atoms. The van der Waals surface area contributed by atoms with E-state index in [-0.39, 0.29) is 0 Å². The van der Waals surface area contributed by atoms with Crippen molar-refractivity contribution in [2.75, 3.05) is 13.2 Å². The zero-order valence-corrected chi connectivity index (χ0v) is 14.4. The second kappa shape index (κ2) is 6.49. The fourth-order valence-electron chi connectivity index (χ4n) is 1.21. The van der Waals surface area contributed by atoms with Crippen molar-refractivity contribution >= 4 is 51.2 Å². The van der Waals surface area contributed by atoms with Crippen LogP contribution in [0, 0.1) is 19.5 Å². The Morgan fingerprint density at radius 3 is 2.33 bits per heavy atom. The van der Waals surface area contributed by atoms with E-state index < -0.39 is 24.6 Å². The van der Waals surface area contributed by atoms with Crippen LogP contribution < -0.4 is 4.74 Å². The minimum absolute atomic E-state index is 0.456. The SMILES string of the molecule is Cc1cc(I)cc(I)c1OC(=O)C(C)(CO)CO. The molecule has 1 rings (SSSR count). The number of aryl methyl sites for hydroxylation is 1. The molecule has 0 saturated carbocycles. The molecule has 0 spiro atoms. The van der Waals surface area contributed by atoms with E-state index in [1.54, 1.807) is 0 Å². The topological polar surface area (TPSA) is 66.8 Å². The number of carbonyl (C=O) groups excluding carboxylic acids is 1. The minimum atomic E-state index is -1.28. The summed E-state index contributed by atoms with van der Waals surface area (Å²) in [4.78, 5) is 11.9. The maximum Gasteiger partial charge on any atom is 0.321 e. The fourth-order valence-corrected chi connectivity index (χ4v) is 3.46. The quantitative estimate of drug-likeness (QED) is 0.397. The molecule has 1 aromatic rings. The molecule has 0 fully saturated rings. The van der Waals surface area contributed by atoms with Crippen LogP contribution in [0.1, 0.15) is 12.5 Å². The van der Waals surface area contributed by atoms with Crippen molar-refractivity contribution < 1.29 is 19.7 Å². The van der Waals surface area contributed by atoms with Gasteiger partial charge < -0.3 is 14.9 Å². The van der Waals surface area contributed by atoms with Crippen molar-refractivity contribution in [1.29, 1.82) is 0 Å². The van der Waals surface area contributed by atoms with Crippen LogP contribution in [-0.2, 0) is 4.79 Å². The third-order valence-corrected chi connectivity index (χ3v) is 4.00. The highest BCUT2D eigenvalue weighted by Gasteiger charge is 2.34. The van der Waals surface area contributed by atoms with Crippen molar-refractivity contribution in [3.05, 3.63) is 24.8 Å². The van der Waals surface area contributed by atoms with E-state index in [1.807, 2.05) is 19.1 Å². The molecular weight excluding hydrogens is 462 g/mol. The zero-order chi connectivity index (χ0) is 13.9. The summed E-state index contributed by atoms with van der Waals surface area (Å²) in [6.07, 6.45) is 0. The number of ether oxygens (including phenoxy) is 1. The third kappa shape index (κ3) is 3.55. The van der Waals surface area contributed by atoms with Crippen molar-refractivity contribution in [1.82, 2.24) is 0 Å². The van der Waals surface area contributed by atoms with Gasteiger partial charge in [-0.1, -0.05) is 0 Å². The van der Waals surface area contributed by atoms with E-state index in [4.69, 9.17) is 14.9 Å². The van der Waals surface area contributed by atoms with E-state index in [1.165, 1.54) is 6.92 Å². The Balaban J connectivity index is 3.02. The lowest BCUT2D eigenvalue weighted by atomic mass is 9.93. The van der Waals surface area contributed by atoms with Crippen LogP contribution in [0.3, 0.4) is 0 Å². The number of hydrogen-bond donors (Lipinski definition) is 2. The second-order valence-electron chi connectivity index (χ2n) is 4.30. The van der Waals surface area contributed by atoms with Crippen LogP contribution in [0.2, 0.25) is 0 Å². The van der Waals surface area contributed by atoms with Crippen LogP contribution in [0.25, 0.3) is 0 Å². The van der Waals surface area contributed by atoms with Gasteiger partial charge in [0.2, 0.25) is 0 Å². The Hall–Kier alpha value is 0.0700. The molecule has 0 aliphatic rings. The molecule has 0 heterocycles. The van der Waals surface area contributed by atoms with E-state index in [9.17, 15) is 4.79 Å². The van der Waals surface area contributed by atoms with Gasteiger partial charge in [-0.25, -0.2) is 0 Å². The van der Waals surface area contributed by atoms with Gasteiger partial charge in [0, 0.05) is 3.57 Å². The summed E-state index contributed by atoms with van der Waals surface area (Å²) < 4.78 is 7.19. The maximum atomic E-state index is 11.9. The van der Waals surface area contributed by atoms with E-state index in [2.05, 4.69) is 45.2 Å². The molecule has 0 amide bonds. The lowest BCUT2D eigenvalue weighted by Crippen LogP contribution is -2.39. The molecule has 100 valence electrons. The number of aliphatic hydroxyl groups is 2. The molecule has 0 aromatic heterocycles. The first-order valence-electron chi connectivity index (χ1n) is 5.23. The maximum absolute atomic E-state index is 11.9. The average molecular weight is 476 g/mol. The van der Waals surface area contributed by atoms with Crippen LogP contribution in [-0.4, -0.2) is 29.4 Å². The first kappa shape index (κ1) is 16.1. The summed E-state index contributed by atoms with van der Waals surface area (Å²) >= 11 is 4.28. The van der Waals surface area contributed by atoms with Crippen LogP contribution in [0.15, 0.2) is 12.1 Å². The highest BCUT2D eigenvalue weighted by Crippen LogP contribution is 2.29. The van der Waals surface area contributed by atoms with E-state index >= 15 is 0 Å². The Kier molecular flexibility index (Phi) is 5.81. The highest BCUT2D eigenvalue weighted by molar-refractivity contribution is 14.1. The molecule has 1 aromatic carbocycles. The molecule has 0 atom stereocenters. The summed E-state index contributed by atoms with van der Waals surface area (Å²) in [6, 6.07) is 3.80. The Bertz CT molecular complexity index is 432. The molecule has 0 bridgehead atoms. The predicted octanol–water partition coefficient (Wildman–Crippen LogP) is 2.10. The molecule has 4 nitrogen and oxygen atoms in total. The first-order chi connectivity index (χ1) is 8.34. The van der Waals surface area contributed by atoms with E-state index in [0.717, 1.165) is 12.7 Å². The summed E-state index contributed by atoms with van der Waals surface area (Å²) in [5, 5.41) is 18.3. The van der Waals surface area contributed by atoms with Gasteiger partial charge in [-0.3, -0.25) is 4.79 Å². The number of aliphatic hydroxyl groups excluding tert-OH is 2. The third-order valence-electron chi connectivity index (χ3n) is 2.58. The van der Waals surface area contributed by atoms with Gasteiger partial charge in [-0.2, -0.15) is 0 Å². The Morgan fingerprint density at radius 1 is 1.33 bits per heavy atom. The normalized spacial score (nSPS) is 11.4. The lowest BCUT2D eigenvalue weighted by Gasteiger charge is -2.23. The molecule has 0 aliphatic carbocycles. The number of hydrogen-bond acceptors (Lipinski definition) is 4. The molecule has 0 unspecified atom stereocenters. The number of benzene rings is 1. The first-order valence-corrected chi connectivity index (χ1v) is 7.39. The predicted molar refractivity (Wildman–Crippen MR) is 84.5 cm³/mol. The lowest BCUT2D eigenvalue weighted by molar-refractivity contribution is -0.150. The van der Waals surface area contributed by atoms with Gasteiger partial charge >= 0.3 is 5.97 Å². The fraction of sp³-hybridized carbons (Fsp3) is 0.417. The summed E-state index contributed by atoms with van der Waals surface area (Å²) in [5.74, 6) is -0.149. The van der Waals surface area contributed by atoms with E-state index in [0.29, 0.717) is 5.75 Å². The summed E-state index contributed by atoms with van der Waals surface area (Å²) in [7, 11) is 0. The van der Waals surface area contributed by atoms with Crippen molar-refractivity contribution in [3.8, 4) is 5.75 Å². The van der Waals surface area contributed by atoms with Gasteiger partial charge in [0.15, 0.2) is 0 Å². The van der Waals surface area contributed by atoms with Gasteiger partial charge in [0.25, 0.3) is 0 Å². The molecule has 2 N–H and O–H groups in total. The molecule has 6 heteroatoms. The summed E-state index contributed by atoms with van der Waals surface area (Å²) in [6.45, 7) is 2.40. The standard InChI is InChI=1S/C12H14I2O4/c1-7-3-8(13)4-9(14)10(7)18-11(17)12(2,5-15)6-16/h3-4,15-16H,5-6H2,1-2H3. The van der Waals surface area contributed by atoms with Gasteiger partial charge in [0.1, 0.15) is 11.2 Å². The number of carbonyl (C=O) groups is 1. The van der Waals surface area contributed by atoms with Gasteiger partial charge in [-0.15, -0.1) is 0 Å². The smallest absolute Gasteiger partial charge is 0.321 e. The molecule has 0 radical (unpaired) electrons. The Morgan fingerprint density at radius 2 is 1.89 bits per heavy atom. The van der Waals surface area contributed by atoms with Crippen molar-refractivity contribution in [3.63, 3.8) is 0 Å². The largest absolute Gasteiger partial charge is 0.425 e. The van der Waals surface area contributed by atoms with Gasteiger partial charge in [0.05, 0.1) is 16.8 Å². The molecule has 0 saturated heterocycles.